The molecule has 2 N–H and O–H groups in total. The SMILES string of the molecule is CCC(=O)C=C(O)c1ncc(CCN(C)C(=O)OCc2ccccc2)nc1NCc1ccc(OC)cc1. The minimum Gasteiger partial charge on any atom is -0.505 e. The van der Waals surface area contributed by atoms with Crippen LogP contribution in [0.5, 0.6) is 5.75 Å². The second kappa shape index (κ2) is 13.6. The summed E-state index contributed by atoms with van der Waals surface area (Å²) in [7, 11) is 3.26. The zero-order chi connectivity index (χ0) is 26.6. The number of aromatic nitrogens is 2. The number of anilines is 1. The number of allylic oxidation sites excluding steroid dienone is 1. The van der Waals surface area contributed by atoms with Crippen molar-refractivity contribution in [1.82, 2.24) is 14.9 Å². The Bertz CT molecular complexity index is 1210. The standard InChI is InChI=1S/C28H32N4O5/c1-4-23(33)16-25(34)26-27(30-17-20-10-12-24(36-3)13-11-20)31-22(18-29-26)14-15-32(2)28(35)37-19-21-8-6-5-7-9-21/h5-13,16,18,34H,4,14-15,17,19H2,1-3H3,(H,30,31). The van der Waals surface area contributed by atoms with Crippen molar-refractivity contribution in [3.63, 3.8) is 0 Å². The molecule has 1 aromatic heterocycles. The van der Waals surface area contributed by atoms with Gasteiger partial charge in [0, 0.05) is 45.3 Å². The van der Waals surface area contributed by atoms with Gasteiger partial charge < -0.3 is 24.8 Å². The summed E-state index contributed by atoms with van der Waals surface area (Å²) in [5, 5.41) is 13.7. The quantitative estimate of drug-likeness (QED) is 0.267. The van der Waals surface area contributed by atoms with Gasteiger partial charge >= 0.3 is 6.09 Å². The van der Waals surface area contributed by atoms with Gasteiger partial charge in [-0.25, -0.2) is 14.8 Å². The molecule has 0 saturated carbocycles. The van der Waals surface area contributed by atoms with Gasteiger partial charge in [0.15, 0.2) is 11.6 Å². The van der Waals surface area contributed by atoms with Crippen LogP contribution in [-0.2, 0) is 29.1 Å². The van der Waals surface area contributed by atoms with Crippen LogP contribution < -0.4 is 10.1 Å². The summed E-state index contributed by atoms with van der Waals surface area (Å²) in [4.78, 5) is 34.6. The maximum Gasteiger partial charge on any atom is 0.409 e. The zero-order valence-corrected chi connectivity index (χ0v) is 21.3. The second-order valence-electron chi connectivity index (χ2n) is 8.32. The van der Waals surface area contributed by atoms with Crippen molar-refractivity contribution in [1.29, 1.82) is 0 Å². The zero-order valence-electron chi connectivity index (χ0n) is 21.3. The third kappa shape index (κ3) is 8.34. The van der Waals surface area contributed by atoms with E-state index in [0.29, 0.717) is 31.0 Å². The van der Waals surface area contributed by atoms with Gasteiger partial charge in [0.1, 0.15) is 23.8 Å². The molecule has 0 fully saturated rings. The van der Waals surface area contributed by atoms with Gasteiger partial charge in [0.25, 0.3) is 0 Å². The number of likely N-dealkylation sites (N-methyl/N-ethyl adjacent to an activating group) is 1. The molecule has 0 bridgehead atoms. The summed E-state index contributed by atoms with van der Waals surface area (Å²) in [6.07, 6.45) is 2.91. The first-order valence-electron chi connectivity index (χ1n) is 12.0. The topological polar surface area (TPSA) is 114 Å². The van der Waals surface area contributed by atoms with Crippen molar-refractivity contribution in [2.24, 2.45) is 0 Å². The van der Waals surface area contributed by atoms with Gasteiger partial charge in [-0.1, -0.05) is 49.4 Å². The number of hydrogen-bond acceptors (Lipinski definition) is 8. The lowest BCUT2D eigenvalue weighted by molar-refractivity contribution is -0.114. The number of carbonyl (C=O) groups excluding carboxylic acids is 2. The number of amides is 1. The summed E-state index contributed by atoms with van der Waals surface area (Å²) in [5.74, 6) is 0.599. The van der Waals surface area contributed by atoms with Crippen LogP contribution in [0.4, 0.5) is 10.6 Å². The number of methoxy groups -OCH3 is 1. The fraction of sp³-hybridized carbons (Fsp3) is 0.286. The third-order valence-electron chi connectivity index (χ3n) is 5.55. The molecule has 3 rings (SSSR count). The molecule has 2 aromatic carbocycles. The Hall–Kier alpha value is -4.40. The highest BCUT2D eigenvalue weighted by atomic mass is 16.6. The summed E-state index contributed by atoms with van der Waals surface area (Å²) in [6.45, 7) is 2.68. The van der Waals surface area contributed by atoms with E-state index >= 15 is 0 Å². The minimum absolute atomic E-state index is 0.176. The number of aliphatic hydroxyl groups is 1. The highest BCUT2D eigenvalue weighted by Crippen LogP contribution is 2.20. The monoisotopic (exact) mass is 504 g/mol. The first-order valence-corrected chi connectivity index (χ1v) is 12.0. The summed E-state index contributed by atoms with van der Waals surface area (Å²) in [5.41, 5.74) is 2.66. The van der Waals surface area contributed by atoms with E-state index in [4.69, 9.17) is 9.47 Å². The lowest BCUT2D eigenvalue weighted by Gasteiger charge is -2.17. The number of rotatable bonds is 12. The largest absolute Gasteiger partial charge is 0.505 e. The molecule has 0 saturated heterocycles. The average Bonchev–Trinajstić information content (AvgIpc) is 2.94. The molecule has 1 heterocycles. The molecule has 0 atom stereocenters. The molecule has 0 aliphatic rings. The first-order chi connectivity index (χ1) is 17.9. The van der Waals surface area contributed by atoms with Crippen LogP contribution >= 0.6 is 0 Å². The third-order valence-corrected chi connectivity index (χ3v) is 5.55. The van der Waals surface area contributed by atoms with Crippen LogP contribution in [0.2, 0.25) is 0 Å². The first kappa shape index (κ1) is 27.2. The van der Waals surface area contributed by atoms with E-state index in [-0.39, 0.29) is 30.3 Å². The second-order valence-corrected chi connectivity index (χ2v) is 8.32. The molecular formula is C28H32N4O5. The van der Waals surface area contributed by atoms with E-state index in [1.165, 1.54) is 11.1 Å². The molecule has 9 nitrogen and oxygen atoms in total. The maximum absolute atomic E-state index is 12.4. The van der Waals surface area contributed by atoms with Gasteiger partial charge in [0.05, 0.1) is 12.8 Å². The summed E-state index contributed by atoms with van der Waals surface area (Å²) in [6, 6.07) is 17.0. The highest BCUT2D eigenvalue weighted by molar-refractivity contribution is 5.95. The number of aliphatic hydroxyl groups excluding tert-OH is 1. The normalized spacial score (nSPS) is 11.1. The smallest absolute Gasteiger partial charge is 0.409 e. The minimum atomic E-state index is -0.440. The van der Waals surface area contributed by atoms with E-state index in [1.54, 1.807) is 21.1 Å². The number of ketones is 1. The van der Waals surface area contributed by atoms with E-state index in [0.717, 1.165) is 23.0 Å². The van der Waals surface area contributed by atoms with E-state index in [2.05, 4.69) is 15.3 Å². The van der Waals surface area contributed by atoms with Gasteiger partial charge in [-0.15, -0.1) is 0 Å². The lowest BCUT2D eigenvalue weighted by atomic mass is 10.2. The molecule has 0 unspecified atom stereocenters. The fourth-order valence-corrected chi connectivity index (χ4v) is 3.31. The number of nitrogens with one attached hydrogen (secondary N) is 1. The Balaban J connectivity index is 1.68. The van der Waals surface area contributed by atoms with Crippen molar-refractivity contribution in [2.45, 2.75) is 32.9 Å². The van der Waals surface area contributed by atoms with Crippen LogP contribution in [0.3, 0.4) is 0 Å². The lowest BCUT2D eigenvalue weighted by Crippen LogP contribution is -2.29. The fourth-order valence-electron chi connectivity index (χ4n) is 3.31. The number of carbonyl (C=O) groups is 2. The van der Waals surface area contributed by atoms with Gasteiger partial charge in [-0.05, 0) is 23.3 Å². The van der Waals surface area contributed by atoms with Crippen molar-refractivity contribution >= 4 is 23.5 Å². The van der Waals surface area contributed by atoms with Crippen LogP contribution in [0.15, 0.2) is 66.9 Å². The summed E-state index contributed by atoms with van der Waals surface area (Å²) < 4.78 is 10.6. The Morgan fingerprint density at radius 3 is 2.49 bits per heavy atom. The van der Waals surface area contributed by atoms with Crippen LogP contribution in [0, 0.1) is 0 Å². The van der Waals surface area contributed by atoms with E-state index < -0.39 is 6.09 Å². The Morgan fingerprint density at radius 2 is 1.81 bits per heavy atom. The number of ether oxygens (including phenoxy) is 2. The average molecular weight is 505 g/mol. The van der Waals surface area contributed by atoms with Gasteiger partial charge in [-0.2, -0.15) is 0 Å². The van der Waals surface area contributed by atoms with Crippen LogP contribution in [-0.4, -0.2) is 52.6 Å². The van der Waals surface area contributed by atoms with Crippen molar-refractivity contribution in [3.05, 3.63) is 89.4 Å². The Labute approximate surface area is 216 Å². The maximum atomic E-state index is 12.4. The van der Waals surface area contributed by atoms with Crippen molar-refractivity contribution in [2.75, 3.05) is 26.0 Å². The van der Waals surface area contributed by atoms with E-state index in [1.807, 2.05) is 54.6 Å². The molecule has 1 amide bonds. The molecule has 0 aliphatic heterocycles. The van der Waals surface area contributed by atoms with Gasteiger partial charge in [0.2, 0.25) is 0 Å². The number of nitrogens with zero attached hydrogens (tertiary/aromatic N) is 3. The molecule has 0 aliphatic carbocycles. The molecule has 37 heavy (non-hydrogen) atoms. The highest BCUT2D eigenvalue weighted by Gasteiger charge is 2.15. The predicted octanol–water partition coefficient (Wildman–Crippen LogP) is 4.79. The molecule has 9 heteroatoms. The molecular weight excluding hydrogens is 472 g/mol. The Morgan fingerprint density at radius 1 is 1.08 bits per heavy atom. The number of hydrogen-bond donors (Lipinski definition) is 2. The molecule has 194 valence electrons. The predicted molar refractivity (Wildman–Crippen MR) is 141 cm³/mol. The van der Waals surface area contributed by atoms with Crippen LogP contribution in [0.25, 0.3) is 5.76 Å². The number of benzene rings is 2. The van der Waals surface area contributed by atoms with E-state index in [9.17, 15) is 14.7 Å². The molecule has 0 spiro atoms. The molecule has 3 aromatic rings. The van der Waals surface area contributed by atoms with Crippen molar-refractivity contribution < 1.29 is 24.2 Å². The molecule has 0 radical (unpaired) electrons. The van der Waals surface area contributed by atoms with Gasteiger partial charge in [-0.3, -0.25) is 4.79 Å². The van der Waals surface area contributed by atoms with Crippen LogP contribution in [0.1, 0.15) is 35.9 Å². The van der Waals surface area contributed by atoms with Crippen molar-refractivity contribution in [3.8, 4) is 5.75 Å². The Kier molecular flexibility index (Phi) is 10.0. The summed E-state index contributed by atoms with van der Waals surface area (Å²) >= 11 is 0.